The van der Waals surface area contributed by atoms with Crippen molar-refractivity contribution >= 4 is 17.0 Å². The van der Waals surface area contributed by atoms with Crippen LogP contribution in [0.25, 0.3) is 11.0 Å². The van der Waals surface area contributed by atoms with Crippen LogP contribution in [0.3, 0.4) is 0 Å². The summed E-state index contributed by atoms with van der Waals surface area (Å²) in [7, 11) is 1.39. The normalized spacial score (nSPS) is 10.6. The van der Waals surface area contributed by atoms with Gasteiger partial charge in [-0.3, -0.25) is 0 Å². The number of hydrogen-bond acceptors (Lipinski definition) is 3. The number of pyridine rings is 1. The third kappa shape index (κ3) is 1.66. The van der Waals surface area contributed by atoms with Gasteiger partial charge in [0.2, 0.25) is 0 Å². The Morgan fingerprint density at radius 1 is 1.56 bits per heavy atom. The first kappa shape index (κ1) is 10.7. The SMILES string of the molecule is CCCc1c(C(=O)OC)[nH]c2ncccc12. The summed E-state index contributed by atoms with van der Waals surface area (Å²) in [6.45, 7) is 2.08. The lowest BCUT2D eigenvalue weighted by molar-refractivity contribution is 0.0594. The van der Waals surface area contributed by atoms with Crippen molar-refractivity contribution in [2.75, 3.05) is 7.11 Å². The summed E-state index contributed by atoms with van der Waals surface area (Å²) in [5, 5.41) is 1.00. The van der Waals surface area contributed by atoms with Gasteiger partial charge in [-0.15, -0.1) is 0 Å². The monoisotopic (exact) mass is 218 g/mol. The quantitative estimate of drug-likeness (QED) is 0.804. The summed E-state index contributed by atoms with van der Waals surface area (Å²) >= 11 is 0. The van der Waals surface area contributed by atoms with Crippen LogP contribution in [0.2, 0.25) is 0 Å². The van der Waals surface area contributed by atoms with Crippen molar-refractivity contribution < 1.29 is 9.53 Å². The number of hydrogen-bond donors (Lipinski definition) is 1. The summed E-state index contributed by atoms with van der Waals surface area (Å²) in [4.78, 5) is 18.8. The van der Waals surface area contributed by atoms with E-state index < -0.39 is 0 Å². The minimum atomic E-state index is -0.332. The molecule has 0 amide bonds. The number of H-pyrrole nitrogens is 1. The number of carbonyl (C=O) groups is 1. The lowest BCUT2D eigenvalue weighted by atomic mass is 10.1. The standard InChI is InChI=1S/C12H14N2O2/c1-3-5-8-9-6-4-7-13-11(9)14-10(8)12(15)16-2/h4,6-7H,3,5H2,1-2H3,(H,13,14). The Kier molecular flexibility index (Phi) is 2.90. The van der Waals surface area contributed by atoms with E-state index in [-0.39, 0.29) is 5.97 Å². The number of ether oxygens (including phenoxy) is 1. The fourth-order valence-electron chi connectivity index (χ4n) is 1.86. The van der Waals surface area contributed by atoms with Gasteiger partial charge in [-0.05, 0) is 24.1 Å². The molecule has 84 valence electrons. The zero-order valence-corrected chi connectivity index (χ0v) is 9.41. The average molecular weight is 218 g/mol. The first-order valence-electron chi connectivity index (χ1n) is 5.31. The molecule has 0 atom stereocenters. The van der Waals surface area contributed by atoms with E-state index >= 15 is 0 Å². The van der Waals surface area contributed by atoms with Gasteiger partial charge in [0.25, 0.3) is 0 Å². The Labute approximate surface area is 93.6 Å². The second-order valence-corrected chi connectivity index (χ2v) is 3.62. The van der Waals surface area contributed by atoms with E-state index in [0.717, 1.165) is 29.4 Å². The van der Waals surface area contributed by atoms with E-state index in [1.807, 2.05) is 12.1 Å². The predicted octanol–water partition coefficient (Wildman–Crippen LogP) is 2.30. The number of aromatic nitrogens is 2. The maximum absolute atomic E-state index is 11.6. The number of aromatic amines is 1. The van der Waals surface area contributed by atoms with Crippen LogP contribution in [-0.2, 0) is 11.2 Å². The van der Waals surface area contributed by atoms with Crippen LogP contribution in [0.5, 0.6) is 0 Å². The maximum Gasteiger partial charge on any atom is 0.354 e. The molecule has 0 fully saturated rings. The summed E-state index contributed by atoms with van der Waals surface area (Å²) < 4.78 is 4.75. The van der Waals surface area contributed by atoms with Crippen molar-refractivity contribution in [2.45, 2.75) is 19.8 Å². The molecule has 0 radical (unpaired) electrons. The number of esters is 1. The van der Waals surface area contributed by atoms with Crippen molar-refractivity contribution in [1.82, 2.24) is 9.97 Å². The van der Waals surface area contributed by atoms with Gasteiger partial charge in [-0.2, -0.15) is 0 Å². The molecule has 0 saturated carbocycles. The highest BCUT2D eigenvalue weighted by molar-refractivity contribution is 5.97. The molecule has 0 unspecified atom stereocenters. The number of aryl methyl sites for hydroxylation is 1. The largest absolute Gasteiger partial charge is 0.464 e. The molecule has 1 N–H and O–H groups in total. The molecule has 0 spiro atoms. The van der Waals surface area contributed by atoms with Gasteiger partial charge < -0.3 is 9.72 Å². The molecule has 2 rings (SSSR count). The third-order valence-corrected chi connectivity index (χ3v) is 2.57. The Bertz CT molecular complexity index is 517. The molecule has 0 bridgehead atoms. The number of rotatable bonds is 3. The molecule has 0 saturated heterocycles. The summed E-state index contributed by atoms with van der Waals surface area (Å²) in [6.07, 6.45) is 3.53. The molecule has 4 nitrogen and oxygen atoms in total. The zero-order chi connectivity index (χ0) is 11.5. The molecule has 16 heavy (non-hydrogen) atoms. The predicted molar refractivity (Wildman–Crippen MR) is 61.4 cm³/mol. The highest BCUT2D eigenvalue weighted by atomic mass is 16.5. The highest BCUT2D eigenvalue weighted by Gasteiger charge is 2.17. The van der Waals surface area contributed by atoms with Crippen LogP contribution in [0.1, 0.15) is 29.4 Å². The molecule has 0 aliphatic rings. The number of fused-ring (bicyclic) bond motifs is 1. The van der Waals surface area contributed by atoms with Crippen molar-refractivity contribution in [2.24, 2.45) is 0 Å². The fraction of sp³-hybridized carbons (Fsp3) is 0.333. The number of nitrogens with zero attached hydrogens (tertiary/aromatic N) is 1. The van der Waals surface area contributed by atoms with Gasteiger partial charge in [0.15, 0.2) is 0 Å². The Hall–Kier alpha value is -1.84. The number of carbonyl (C=O) groups excluding carboxylic acids is 1. The molecular weight excluding hydrogens is 204 g/mol. The van der Waals surface area contributed by atoms with Crippen molar-refractivity contribution in [1.29, 1.82) is 0 Å². The van der Waals surface area contributed by atoms with Crippen LogP contribution in [-0.4, -0.2) is 23.0 Å². The van der Waals surface area contributed by atoms with Gasteiger partial charge in [-0.25, -0.2) is 9.78 Å². The molecule has 2 heterocycles. The van der Waals surface area contributed by atoms with Crippen LogP contribution >= 0.6 is 0 Å². The van der Waals surface area contributed by atoms with E-state index in [1.165, 1.54) is 7.11 Å². The van der Waals surface area contributed by atoms with E-state index in [4.69, 9.17) is 4.74 Å². The van der Waals surface area contributed by atoms with E-state index in [0.29, 0.717) is 5.69 Å². The van der Waals surface area contributed by atoms with Crippen LogP contribution < -0.4 is 0 Å². The third-order valence-electron chi connectivity index (χ3n) is 2.57. The van der Waals surface area contributed by atoms with E-state index in [1.54, 1.807) is 6.20 Å². The molecule has 0 aliphatic carbocycles. The summed E-state index contributed by atoms with van der Waals surface area (Å²) in [5.74, 6) is -0.332. The van der Waals surface area contributed by atoms with Gasteiger partial charge in [-0.1, -0.05) is 13.3 Å². The molecule has 2 aromatic heterocycles. The first-order chi connectivity index (χ1) is 7.77. The van der Waals surface area contributed by atoms with Gasteiger partial charge >= 0.3 is 5.97 Å². The summed E-state index contributed by atoms with van der Waals surface area (Å²) in [6, 6.07) is 3.84. The Morgan fingerprint density at radius 2 is 2.38 bits per heavy atom. The van der Waals surface area contributed by atoms with Gasteiger partial charge in [0, 0.05) is 11.6 Å². The van der Waals surface area contributed by atoms with Gasteiger partial charge in [0.05, 0.1) is 7.11 Å². The Morgan fingerprint density at radius 3 is 3.06 bits per heavy atom. The number of nitrogens with one attached hydrogen (secondary N) is 1. The molecule has 2 aromatic rings. The number of methoxy groups -OCH3 is 1. The molecule has 0 aromatic carbocycles. The highest BCUT2D eigenvalue weighted by Crippen LogP contribution is 2.22. The second-order valence-electron chi connectivity index (χ2n) is 3.62. The minimum Gasteiger partial charge on any atom is -0.464 e. The van der Waals surface area contributed by atoms with Crippen molar-refractivity contribution in [3.05, 3.63) is 29.6 Å². The van der Waals surface area contributed by atoms with E-state index in [9.17, 15) is 4.79 Å². The lowest BCUT2D eigenvalue weighted by Gasteiger charge is -2.00. The summed E-state index contributed by atoms with van der Waals surface area (Å²) in [5.41, 5.74) is 2.27. The smallest absolute Gasteiger partial charge is 0.354 e. The van der Waals surface area contributed by atoms with Gasteiger partial charge in [0.1, 0.15) is 11.3 Å². The topological polar surface area (TPSA) is 55.0 Å². The lowest BCUT2D eigenvalue weighted by Crippen LogP contribution is -2.04. The zero-order valence-electron chi connectivity index (χ0n) is 9.41. The van der Waals surface area contributed by atoms with Crippen molar-refractivity contribution in [3.63, 3.8) is 0 Å². The average Bonchev–Trinajstić information content (AvgIpc) is 2.68. The maximum atomic E-state index is 11.6. The minimum absolute atomic E-state index is 0.332. The molecule has 4 heteroatoms. The fourth-order valence-corrected chi connectivity index (χ4v) is 1.86. The second kappa shape index (κ2) is 4.35. The van der Waals surface area contributed by atoms with Crippen LogP contribution in [0.4, 0.5) is 0 Å². The van der Waals surface area contributed by atoms with E-state index in [2.05, 4.69) is 16.9 Å². The van der Waals surface area contributed by atoms with Crippen molar-refractivity contribution in [3.8, 4) is 0 Å². The molecule has 0 aliphatic heterocycles. The van der Waals surface area contributed by atoms with Crippen LogP contribution in [0, 0.1) is 0 Å². The Balaban J connectivity index is 2.62. The first-order valence-corrected chi connectivity index (χ1v) is 5.31. The van der Waals surface area contributed by atoms with Crippen LogP contribution in [0.15, 0.2) is 18.3 Å². The molecular formula is C12H14N2O2.